The summed E-state index contributed by atoms with van der Waals surface area (Å²) in [5, 5.41) is 18.7. The fraction of sp³-hybridized carbons (Fsp3) is 0.250. The first kappa shape index (κ1) is 55.5. The van der Waals surface area contributed by atoms with Gasteiger partial charge in [0.15, 0.2) is 5.75 Å². The molecule has 0 unspecified atom stereocenters. The maximum Gasteiger partial charge on any atom is 0.343 e. The second kappa shape index (κ2) is 29.6. The van der Waals surface area contributed by atoms with Crippen molar-refractivity contribution in [3.8, 4) is 63.5 Å². The maximum atomic E-state index is 13.2. The number of nitriles is 2. The minimum absolute atomic E-state index is 0.00696. The average molecular weight is 1030 g/mol. The third-order valence-corrected chi connectivity index (χ3v) is 12.3. The van der Waals surface area contributed by atoms with E-state index in [-0.39, 0.29) is 39.7 Å². The van der Waals surface area contributed by atoms with Crippen LogP contribution < -0.4 is 33.2 Å². The van der Waals surface area contributed by atoms with Gasteiger partial charge in [-0.05, 0) is 177 Å². The number of nitrogens with zero attached hydrogens (tertiary/aromatic N) is 2. The third-order valence-electron chi connectivity index (χ3n) is 12.3. The van der Waals surface area contributed by atoms with E-state index in [9.17, 15) is 24.4 Å². The lowest BCUT2D eigenvalue weighted by Crippen LogP contribution is -2.12. The zero-order chi connectivity index (χ0) is 54.0. The Morgan fingerprint density at radius 3 is 1.06 bits per heavy atom. The Morgan fingerprint density at radius 1 is 0.351 bits per heavy atom. The number of hydrogen-bond acceptors (Lipinski definition) is 13. The summed E-state index contributed by atoms with van der Waals surface area (Å²) in [5.41, 5.74) is 3.66. The van der Waals surface area contributed by atoms with Gasteiger partial charge in [-0.3, -0.25) is 0 Å². The summed E-state index contributed by atoms with van der Waals surface area (Å²) in [6.45, 7) is 3.98. The molecule has 0 saturated heterocycles. The smallest absolute Gasteiger partial charge is 0.343 e. The van der Waals surface area contributed by atoms with E-state index in [2.05, 4.69) is 13.0 Å². The second-order valence-corrected chi connectivity index (χ2v) is 18.1. The van der Waals surface area contributed by atoms with E-state index >= 15 is 0 Å². The van der Waals surface area contributed by atoms with Crippen LogP contribution in [-0.4, -0.2) is 43.7 Å². The van der Waals surface area contributed by atoms with Gasteiger partial charge in [-0.2, -0.15) is 10.5 Å². The van der Waals surface area contributed by atoms with Crippen molar-refractivity contribution in [1.82, 2.24) is 0 Å². The SMILES string of the molecule is CCCCCCCCCCOc1ccc(C(=O)Oc2ccc(C(=O)Oc3cc(OC(=O)c4ccc(OC(=O)c5ccc(OCCCCCCOc6ccc(-c7ccc(C#N)cc7)cc6)cc5)cc4)ccc3C#N)cc2)cc1. The van der Waals surface area contributed by atoms with Crippen LogP contribution in [0.25, 0.3) is 11.1 Å². The van der Waals surface area contributed by atoms with Crippen LogP contribution in [0.3, 0.4) is 0 Å². The maximum absolute atomic E-state index is 13.2. The molecule has 0 aromatic heterocycles. The van der Waals surface area contributed by atoms with Crippen molar-refractivity contribution in [3.05, 3.63) is 197 Å². The Labute approximate surface area is 449 Å². The van der Waals surface area contributed by atoms with Crippen molar-refractivity contribution in [2.45, 2.75) is 84.0 Å². The van der Waals surface area contributed by atoms with Crippen LogP contribution in [0.4, 0.5) is 0 Å². The first-order valence-corrected chi connectivity index (χ1v) is 26.0. The molecular weight excluding hydrogens is 973 g/mol. The highest BCUT2D eigenvalue weighted by atomic mass is 16.6. The van der Waals surface area contributed by atoms with E-state index < -0.39 is 23.9 Å². The summed E-state index contributed by atoms with van der Waals surface area (Å²) >= 11 is 0. The average Bonchev–Trinajstić information content (AvgIpc) is 3.46. The van der Waals surface area contributed by atoms with E-state index in [0.29, 0.717) is 48.0 Å². The van der Waals surface area contributed by atoms with Gasteiger partial charge in [0.2, 0.25) is 0 Å². The molecule has 0 N–H and O–H groups in total. The van der Waals surface area contributed by atoms with Crippen LogP contribution in [0, 0.1) is 22.7 Å². The normalized spacial score (nSPS) is 10.6. The summed E-state index contributed by atoms with van der Waals surface area (Å²) in [4.78, 5) is 52.0. The van der Waals surface area contributed by atoms with Gasteiger partial charge in [0, 0.05) is 6.07 Å². The molecule has 0 amide bonds. The Morgan fingerprint density at radius 2 is 0.675 bits per heavy atom. The fourth-order valence-corrected chi connectivity index (χ4v) is 7.94. The highest BCUT2D eigenvalue weighted by Gasteiger charge is 2.18. The number of rotatable bonds is 28. The minimum Gasteiger partial charge on any atom is -0.494 e. The summed E-state index contributed by atoms with van der Waals surface area (Å²) in [6.07, 6.45) is 13.5. The molecule has 0 fully saturated rings. The molecule has 0 aliphatic carbocycles. The predicted molar refractivity (Wildman–Crippen MR) is 291 cm³/mol. The number of benzene rings is 7. The molecule has 13 heteroatoms. The molecule has 0 aliphatic rings. The van der Waals surface area contributed by atoms with Crippen LogP contribution >= 0.6 is 0 Å². The Balaban J connectivity index is 0.784. The summed E-state index contributed by atoms with van der Waals surface area (Å²) in [5.74, 6) is -0.339. The van der Waals surface area contributed by atoms with E-state index in [0.717, 1.165) is 55.4 Å². The van der Waals surface area contributed by atoms with E-state index in [1.165, 1.54) is 105 Å². The summed E-state index contributed by atoms with van der Waals surface area (Å²) < 4.78 is 39.7. The number of ether oxygens (including phenoxy) is 7. The van der Waals surface area contributed by atoms with Crippen molar-refractivity contribution < 1.29 is 52.3 Å². The fourth-order valence-electron chi connectivity index (χ4n) is 7.94. The van der Waals surface area contributed by atoms with Crippen molar-refractivity contribution in [1.29, 1.82) is 10.5 Å². The van der Waals surface area contributed by atoms with Crippen LogP contribution in [0.1, 0.15) is 137 Å². The Bertz CT molecular complexity index is 3100. The molecule has 392 valence electrons. The molecule has 0 spiro atoms. The zero-order valence-electron chi connectivity index (χ0n) is 43.1. The highest BCUT2D eigenvalue weighted by molar-refractivity contribution is 5.94. The largest absolute Gasteiger partial charge is 0.494 e. The van der Waals surface area contributed by atoms with E-state index in [1.54, 1.807) is 60.7 Å². The van der Waals surface area contributed by atoms with Crippen LogP contribution in [-0.2, 0) is 0 Å². The van der Waals surface area contributed by atoms with Gasteiger partial charge >= 0.3 is 23.9 Å². The number of hydrogen-bond donors (Lipinski definition) is 0. The van der Waals surface area contributed by atoms with Crippen molar-refractivity contribution in [3.63, 3.8) is 0 Å². The molecule has 0 saturated carbocycles. The molecule has 13 nitrogen and oxygen atoms in total. The lowest BCUT2D eigenvalue weighted by atomic mass is 10.0. The quantitative estimate of drug-likeness (QED) is 0.0257. The minimum atomic E-state index is -0.803. The molecule has 7 aromatic rings. The highest BCUT2D eigenvalue weighted by Crippen LogP contribution is 2.28. The van der Waals surface area contributed by atoms with Crippen LogP contribution in [0.2, 0.25) is 0 Å². The molecule has 7 rings (SSSR count). The van der Waals surface area contributed by atoms with Gasteiger partial charge < -0.3 is 33.2 Å². The number of unbranched alkanes of at least 4 members (excludes halogenated alkanes) is 10. The Kier molecular flexibility index (Phi) is 21.4. The monoisotopic (exact) mass is 1030 g/mol. The van der Waals surface area contributed by atoms with Gasteiger partial charge in [0.1, 0.15) is 40.6 Å². The number of carbonyl (C=O) groups excluding carboxylic acids is 4. The summed E-state index contributed by atoms with van der Waals surface area (Å²) in [6, 6.07) is 48.4. The van der Waals surface area contributed by atoms with Gasteiger partial charge in [0.05, 0.1) is 59.3 Å². The lowest BCUT2D eigenvalue weighted by Gasteiger charge is -2.10. The van der Waals surface area contributed by atoms with Crippen molar-refractivity contribution >= 4 is 23.9 Å². The molecule has 0 bridgehead atoms. The first-order chi connectivity index (χ1) is 37.7. The Hall–Kier alpha value is -9.20. The topological polar surface area (TPSA) is 180 Å². The van der Waals surface area contributed by atoms with Crippen LogP contribution in [0.15, 0.2) is 164 Å². The molecule has 0 aliphatic heterocycles. The number of carbonyl (C=O) groups is 4. The number of esters is 4. The lowest BCUT2D eigenvalue weighted by molar-refractivity contribution is 0.0723. The van der Waals surface area contributed by atoms with Gasteiger partial charge in [-0.15, -0.1) is 0 Å². The van der Waals surface area contributed by atoms with Gasteiger partial charge in [-0.1, -0.05) is 76.1 Å². The van der Waals surface area contributed by atoms with Crippen molar-refractivity contribution in [2.75, 3.05) is 19.8 Å². The van der Waals surface area contributed by atoms with Gasteiger partial charge in [0.25, 0.3) is 0 Å². The second-order valence-electron chi connectivity index (χ2n) is 18.1. The zero-order valence-corrected chi connectivity index (χ0v) is 43.1. The molecule has 0 atom stereocenters. The molecule has 0 radical (unpaired) electrons. The van der Waals surface area contributed by atoms with E-state index in [1.807, 2.05) is 42.5 Å². The standard InChI is InChI=1S/C64H60N2O11/c1-2-3-4-5-6-7-8-11-40-72-55-31-20-50(21-32-55)62(68)75-58-37-26-52(27-38-58)64(70)77-60-43-59(39-28-53(60)45-66)76-63(69)51-24-35-57(36-25-51)74-61(67)49-22-33-56(34-23-49)73-42-13-10-9-12-41-71-54-29-18-48(19-30-54)47-16-14-46(44-65)15-17-47/h14-39,43H,2-13,40-42H2,1H3. The molecule has 7 aromatic carbocycles. The van der Waals surface area contributed by atoms with E-state index in [4.69, 9.17) is 38.4 Å². The van der Waals surface area contributed by atoms with Gasteiger partial charge in [-0.25, -0.2) is 19.2 Å². The first-order valence-electron chi connectivity index (χ1n) is 26.0. The summed E-state index contributed by atoms with van der Waals surface area (Å²) in [7, 11) is 0. The third kappa shape index (κ3) is 17.7. The van der Waals surface area contributed by atoms with Crippen LogP contribution in [0.5, 0.6) is 40.2 Å². The van der Waals surface area contributed by atoms with Crippen molar-refractivity contribution in [2.24, 2.45) is 0 Å². The predicted octanol–water partition coefficient (Wildman–Crippen LogP) is 14.5. The molecule has 0 heterocycles. The molecular formula is C64H60N2O11. The molecule has 77 heavy (non-hydrogen) atoms.